The maximum Gasteiger partial charge on any atom is 0.195 e. The molecule has 0 aromatic rings. The van der Waals surface area contributed by atoms with E-state index in [9.17, 15) is 45.6 Å². The molecule has 0 spiro atoms. The predicted molar refractivity (Wildman–Crippen MR) is 101 cm³/mol. The van der Waals surface area contributed by atoms with E-state index in [1.165, 1.54) is 6.92 Å². The molecule has 0 aromatic carbocycles. The molecular weight excluding hydrogens is 456 g/mol. The van der Waals surface area contributed by atoms with Gasteiger partial charge in [0.25, 0.3) is 0 Å². The first kappa shape index (κ1) is 28.3. The molecular formula is C18H32O15. The second-order valence-corrected chi connectivity index (χ2v) is 7.90. The summed E-state index contributed by atoms with van der Waals surface area (Å²) in [5.74, 6) is -1.25. The highest BCUT2D eigenvalue weighted by Crippen LogP contribution is 2.30. The third-order valence-electron chi connectivity index (χ3n) is 5.52. The minimum atomic E-state index is -1.99. The monoisotopic (exact) mass is 488 g/mol. The Hall–Kier alpha value is -0.890. The molecule has 194 valence electrons. The summed E-state index contributed by atoms with van der Waals surface area (Å²) >= 11 is 0. The van der Waals surface area contributed by atoms with Gasteiger partial charge < -0.3 is 70.0 Å². The van der Waals surface area contributed by atoms with Crippen LogP contribution in [0.3, 0.4) is 0 Å². The SMILES string of the molecule is C[C@H]1O[C@H](O[C@H]2[C@H](O)[C@@H](O)[C@@H](O[C@@H](C(=O)[C@@H](O)CO)[C@H](O)CO)O[C@@H]2CO)[C@H](O)[C@@H](O)[C@@H]1O. The smallest absolute Gasteiger partial charge is 0.195 e. The van der Waals surface area contributed by atoms with Gasteiger partial charge in [0, 0.05) is 0 Å². The van der Waals surface area contributed by atoms with Gasteiger partial charge in [-0.3, -0.25) is 4.79 Å². The van der Waals surface area contributed by atoms with Crippen molar-refractivity contribution in [3.8, 4) is 0 Å². The summed E-state index contributed by atoms with van der Waals surface area (Å²) < 4.78 is 21.2. The Bertz CT molecular complexity index is 620. The number of aliphatic hydroxyl groups is 10. The first-order valence-electron chi connectivity index (χ1n) is 10.2. The highest BCUT2D eigenvalue weighted by atomic mass is 16.7. The standard InChI is InChI=1S/C18H32O15/c1-5-9(24)11(26)13(28)17(30-5)33-16-8(4-21)31-18(14(29)12(16)27)32-15(7(23)3-20)10(25)6(22)2-19/h5-9,11-24,26-29H,2-4H2,1H3/t5-,6+,7-,8-,9-,11+,12-,13-,14-,15-,16-,17-,18-/m1/s1. The van der Waals surface area contributed by atoms with E-state index in [2.05, 4.69) is 0 Å². The van der Waals surface area contributed by atoms with Crippen LogP contribution in [0.2, 0.25) is 0 Å². The molecule has 0 aromatic heterocycles. The van der Waals surface area contributed by atoms with E-state index in [0.29, 0.717) is 0 Å². The number of carbonyl (C=O) groups excluding carboxylic acids is 1. The van der Waals surface area contributed by atoms with E-state index in [0.717, 1.165) is 0 Å². The van der Waals surface area contributed by atoms with E-state index >= 15 is 0 Å². The molecule has 0 unspecified atom stereocenters. The lowest BCUT2D eigenvalue weighted by Crippen LogP contribution is -2.65. The third kappa shape index (κ3) is 6.22. The molecule has 2 saturated heterocycles. The lowest BCUT2D eigenvalue weighted by atomic mass is 9.97. The molecule has 0 saturated carbocycles. The van der Waals surface area contributed by atoms with E-state index < -0.39 is 105 Å². The quantitative estimate of drug-likeness (QED) is 0.137. The Labute approximate surface area is 187 Å². The van der Waals surface area contributed by atoms with Gasteiger partial charge in [-0.2, -0.15) is 0 Å². The molecule has 15 nitrogen and oxygen atoms in total. The van der Waals surface area contributed by atoms with Crippen LogP contribution in [0, 0.1) is 0 Å². The number of Topliss-reactive ketones (excluding diaryl/α,β-unsaturated/α-hetero) is 1. The number of hydrogen-bond donors (Lipinski definition) is 10. The number of ether oxygens (including phenoxy) is 4. The Morgan fingerprint density at radius 3 is 2.00 bits per heavy atom. The van der Waals surface area contributed by atoms with Gasteiger partial charge in [-0.25, -0.2) is 0 Å². The summed E-state index contributed by atoms with van der Waals surface area (Å²) in [6, 6.07) is 0. The Balaban J connectivity index is 2.16. The molecule has 15 heteroatoms. The lowest BCUT2D eigenvalue weighted by Gasteiger charge is -2.46. The van der Waals surface area contributed by atoms with Crippen molar-refractivity contribution in [1.29, 1.82) is 0 Å². The second kappa shape index (κ2) is 12.2. The van der Waals surface area contributed by atoms with Crippen molar-refractivity contribution in [2.45, 2.75) is 86.6 Å². The van der Waals surface area contributed by atoms with Crippen LogP contribution >= 0.6 is 0 Å². The molecule has 13 atom stereocenters. The van der Waals surface area contributed by atoms with Crippen molar-refractivity contribution in [3.63, 3.8) is 0 Å². The van der Waals surface area contributed by atoms with Crippen LogP contribution in [-0.4, -0.2) is 156 Å². The fourth-order valence-electron chi connectivity index (χ4n) is 3.48. The fourth-order valence-corrected chi connectivity index (χ4v) is 3.48. The van der Waals surface area contributed by atoms with Gasteiger partial charge in [-0.15, -0.1) is 0 Å². The second-order valence-electron chi connectivity index (χ2n) is 7.90. The number of carbonyl (C=O) groups is 1. The van der Waals surface area contributed by atoms with Crippen LogP contribution in [-0.2, 0) is 23.7 Å². The number of hydrogen-bond acceptors (Lipinski definition) is 15. The predicted octanol–water partition coefficient (Wildman–Crippen LogP) is -6.70. The molecule has 0 amide bonds. The zero-order chi connectivity index (χ0) is 25.0. The zero-order valence-corrected chi connectivity index (χ0v) is 17.6. The highest BCUT2D eigenvalue weighted by Gasteiger charge is 2.51. The molecule has 2 aliphatic rings. The first-order chi connectivity index (χ1) is 15.5. The average Bonchev–Trinajstić information content (AvgIpc) is 2.81. The molecule has 10 N–H and O–H groups in total. The molecule has 0 bridgehead atoms. The van der Waals surface area contributed by atoms with Crippen molar-refractivity contribution in [1.82, 2.24) is 0 Å². The third-order valence-corrected chi connectivity index (χ3v) is 5.52. The molecule has 2 fully saturated rings. The Morgan fingerprint density at radius 1 is 0.848 bits per heavy atom. The minimum Gasteiger partial charge on any atom is -0.394 e. The molecule has 0 aliphatic carbocycles. The summed E-state index contributed by atoms with van der Waals surface area (Å²) in [4.78, 5) is 12.2. The molecule has 0 radical (unpaired) electrons. The number of rotatable bonds is 10. The van der Waals surface area contributed by atoms with Gasteiger partial charge in [0.05, 0.1) is 25.9 Å². The fraction of sp³-hybridized carbons (Fsp3) is 0.944. The molecule has 2 heterocycles. The topological polar surface area (TPSA) is 256 Å². The van der Waals surface area contributed by atoms with Gasteiger partial charge in [0.15, 0.2) is 18.4 Å². The summed E-state index contributed by atoms with van der Waals surface area (Å²) in [7, 11) is 0. The summed E-state index contributed by atoms with van der Waals surface area (Å²) in [6.45, 7) is -1.47. The Kier molecular flexibility index (Phi) is 10.5. The molecule has 33 heavy (non-hydrogen) atoms. The van der Waals surface area contributed by atoms with Crippen molar-refractivity contribution >= 4 is 5.78 Å². The van der Waals surface area contributed by atoms with Crippen LogP contribution in [0.25, 0.3) is 0 Å². The molecule has 2 rings (SSSR count). The van der Waals surface area contributed by atoms with Gasteiger partial charge >= 0.3 is 0 Å². The van der Waals surface area contributed by atoms with Gasteiger partial charge in [0.2, 0.25) is 0 Å². The van der Waals surface area contributed by atoms with Gasteiger partial charge in [-0.05, 0) is 6.92 Å². The zero-order valence-electron chi connectivity index (χ0n) is 17.6. The summed E-state index contributed by atoms with van der Waals surface area (Å²) in [5, 5.41) is 97.9. The maximum absolute atomic E-state index is 12.2. The van der Waals surface area contributed by atoms with E-state index in [-0.39, 0.29) is 0 Å². The highest BCUT2D eigenvalue weighted by molar-refractivity contribution is 5.87. The lowest BCUT2D eigenvalue weighted by molar-refractivity contribution is -0.360. The summed E-state index contributed by atoms with van der Waals surface area (Å²) in [6.07, 6.45) is -22.0. The van der Waals surface area contributed by atoms with Crippen LogP contribution in [0.4, 0.5) is 0 Å². The van der Waals surface area contributed by atoms with Crippen molar-refractivity contribution in [2.24, 2.45) is 0 Å². The van der Waals surface area contributed by atoms with Gasteiger partial charge in [-0.1, -0.05) is 0 Å². The number of aliphatic hydroxyl groups excluding tert-OH is 10. The van der Waals surface area contributed by atoms with Crippen LogP contribution in [0.1, 0.15) is 6.92 Å². The van der Waals surface area contributed by atoms with E-state index in [1.807, 2.05) is 0 Å². The average molecular weight is 488 g/mol. The van der Waals surface area contributed by atoms with Gasteiger partial charge in [0.1, 0.15) is 61.0 Å². The van der Waals surface area contributed by atoms with Crippen LogP contribution in [0.15, 0.2) is 0 Å². The van der Waals surface area contributed by atoms with Crippen molar-refractivity contribution < 1.29 is 74.8 Å². The van der Waals surface area contributed by atoms with Crippen molar-refractivity contribution in [3.05, 3.63) is 0 Å². The van der Waals surface area contributed by atoms with Crippen LogP contribution < -0.4 is 0 Å². The normalized spacial score (nSPS) is 42.5. The number of ketones is 1. The van der Waals surface area contributed by atoms with Crippen LogP contribution in [0.5, 0.6) is 0 Å². The van der Waals surface area contributed by atoms with E-state index in [4.69, 9.17) is 29.2 Å². The minimum absolute atomic E-state index is 0.835. The largest absolute Gasteiger partial charge is 0.394 e. The molecule has 2 aliphatic heterocycles. The van der Waals surface area contributed by atoms with E-state index in [1.54, 1.807) is 0 Å². The van der Waals surface area contributed by atoms with Crippen molar-refractivity contribution in [2.75, 3.05) is 19.8 Å². The Morgan fingerprint density at radius 2 is 1.45 bits per heavy atom. The first-order valence-corrected chi connectivity index (χ1v) is 10.2. The summed E-state index contributed by atoms with van der Waals surface area (Å²) in [5.41, 5.74) is 0. The maximum atomic E-state index is 12.2.